The van der Waals surface area contributed by atoms with E-state index in [9.17, 15) is 4.39 Å². The lowest BCUT2D eigenvalue weighted by molar-refractivity contribution is 0.531. The predicted octanol–water partition coefficient (Wildman–Crippen LogP) is 3.11. The first-order valence-corrected chi connectivity index (χ1v) is 6.14. The summed E-state index contributed by atoms with van der Waals surface area (Å²) in [7, 11) is 0. The van der Waals surface area contributed by atoms with Crippen molar-refractivity contribution in [3.8, 4) is 0 Å². The molecule has 1 aromatic heterocycles. The topological polar surface area (TPSA) is 24.9 Å². The zero-order chi connectivity index (χ0) is 12.8. The Morgan fingerprint density at radius 1 is 1.17 bits per heavy atom. The van der Waals surface area contributed by atoms with Gasteiger partial charge in [-0.15, -0.1) is 0 Å². The van der Waals surface area contributed by atoms with Gasteiger partial charge in [0.05, 0.1) is 0 Å². The van der Waals surface area contributed by atoms with Crippen LogP contribution in [0.5, 0.6) is 0 Å². The summed E-state index contributed by atoms with van der Waals surface area (Å²) in [6, 6.07) is 10.9. The first-order chi connectivity index (χ1) is 8.77. The fourth-order valence-electron chi connectivity index (χ4n) is 1.92. The van der Waals surface area contributed by atoms with Crippen LogP contribution in [-0.4, -0.2) is 11.5 Å². The molecule has 0 spiro atoms. The molecular weight excluding hydrogens is 227 g/mol. The molecule has 0 saturated heterocycles. The van der Waals surface area contributed by atoms with Crippen molar-refractivity contribution >= 4 is 0 Å². The van der Waals surface area contributed by atoms with E-state index in [1.807, 2.05) is 31.2 Å². The van der Waals surface area contributed by atoms with Crippen LogP contribution >= 0.6 is 0 Å². The summed E-state index contributed by atoms with van der Waals surface area (Å²) in [5.41, 5.74) is 1.95. The Kier molecular flexibility index (Phi) is 4.42. The molecule has 2 rings (SSSR count). The molecule has 0 saturated carbocycles. The van der Waals surface area contributed by atoms with Gasteiger partial charge in [-0.3, -0.25) is 4.98 Å². The average Bonchev–Trinajstić information content (AvgIpc) is 2.40. The monoisotopic (exact) mass is 244 g/mol. The van der Waals surface area contributed by atoms with Crippen molar-refractivity contribution in [2.24, 2.45) is 0 Å². The molecule has 0 amide bonds. The van der Waals surface area contributed by atoms with Crippen LogP contribution in [0.4, 0.5) is 4.39 Å². The Balaban J connectivity index is 1.86. The molecule has 0 bridgehead atoms. The van der Waals surface area contributed by atoms with Crippen LogP contribution in [0.2, 0.25) is 0 Å². The highest BCUT2D eigenvalue weighted by atomic mass is 19.1. The molecule has 18 heavy (non-hydrogen) atoms. The van der Waals surface area contributed by atoms with Crippen molar-refractivity contribution in [2.75, 3.05) is 6.54 Å². The van der Waals surface area contributed by atoms with Crippen molar-refractivity contribution in [1.29, 1.82) is 0 Å². The second-order valence-electron chi connectivity index (χ2n) is 4.30. The van der Waals surface area contributed by atoms with Crippen LogP contribution in [-0.2, 0) is 6.42 Å². The summed E-state index contributed by atoms with van der Waals surface area (Å²) >= 11 is 0. The summed E-state index contributed by atoms with van der Waals surface area (Å²) in [6.07, 6.45) is 4.49. The second-order valence-corrected chi connectivity index (χ2v) is 4.30. The van der Waals surface area contributed by atoms with Crippen LogP contribution in [0.25, 0.3) is 0 Å². The molecule has 0 aliphatic heterocycles. The van der Waals surface area contributed by atoms with E-state index in [0.29, 0.717) is 5.56 Å². The van der Waals surface area contributed by atoms with Gasteiger partial charge in [0.25, 0.3) is 0 Å². The molecule has 1 atom stereocenters. The van der Waals surface area contributed by atoms with Gasteiger partial charge in [-0.2, -0.15) is 0 Å². The number of hydrogen-bond donors (Lipinski definition) is 1. The van der Waals surface area contributed by atoms with Crippen molar-refractivity contribution in [3.63, 3.8) is 0 Å². The maximum Gasteiger partial charge on any atom is 0.127 e. The Bertz CT molecular complexity index is 485. The highest BCUT2D eigenvalue weighted by Gasteiger charge is 2.08. The molecule has 0 fully saturated rings. The maximum atomic E-state index is 13.5. The zero-order valence-electron chi connectivity index (χ0n) is 10.4. The molecular formula is C15H17FN2. The number of benzene rings is 1. The average molecular weight is 244 g/mol. The highest BCUT2D eigenvalue weighted by molar-refractivity contribution is 5.20. The Morgan fingerprint density at radius 3 is 2.61 bits per heavy atom. The van der Waals surface area contributed by atoms with Gasteiger partial charge in [0.1, 0.15) is 5.82 Å². The van der Waals surface area contributed by atoms with Gasteiger partial charge in [-0.1, -0.05) is 18.2 Å². The Labute approximate surface area is 107 Å². The summed E-state index contributed by atoms with van der Waals surface area (Å²) in [4.78, 5) is 3.98. The van der Waals surface area contributed by atoms with Gasteiger partial charge in [-0.05, 0) is 43.7 Å². The summed E-state index contributed by atoms with van der Waals surface area (Å²) < 4.78 is 13.5. The van der Waals surface area contributed by atoms with E-state index in [1.165, 1.54) is 11.6 Å². The largest absolute Gasteiger partial charge is 0.310 e. The first-order valence-electron chi connectivity index (χ1n) is 6.14. The molecule has 0 aliphatic rings. The van der Waals surface area contributed by atoms with E-state index in [0.717, 1.165) is 13.0 Å². The normalized spacial score (nSPS) is 12.3. The van der Waals surface area contributed by atoms with Crippen LogP contribution in [0.3, 0.4) is 0 Å². The zero-order valence-corrected chi connectivity index (χ0v) is 10.4. The second kappa shape index (κ2) is 6.26. The third-order valence-electron chi connectivity index (χ3n) is 2.99. The van der Waals surface area contributed by atoms with E-state index < -0.39 is 0 Å². The smallest absolute Gasteiger partial charge is 0.127 e. The third-order valence-corrected chi connectivity index (χ3v) is 2.99. The van der Waals surface area contributed by atoms with Crippen LogP contribution in [0.1, 0.15) is 24.1 Å². The number of aromatic nitrogens is 1. The number of hydrogen-bond acceptors (Lipinski definition) is 2. The van der Waals surface area contributed by atoms with Crippen molar-refractivity contribution in [2.45, 2.75) is 19.4 Å². The van der Waals surface area contributed by atoms with Gasteiger partial charge in [0.15, 0.2) is 0 Å². The number of nitrogens with zero attached hydrogens (tertiary/aromatic N) is 1. The molecule has 2 aromatic rings. The van der Waals surface area contributed by atoms with Gasteiger partial charge in [0, 0.05) is 24.0 Å². The molecule has 3 heteroatoms. The summed E-state index contributed by atoms with van der Waals surface area (Å²) in [5, 5.41) is 3.33. The third kappa shape index (κ3) is 3.37. The standard InChI is InChI=1S/C15H17FN2/c1-12(14-4-2-3-5-15(14)16)18-11-8-13-6-9-17-10-7-13/h2-7,9-10,12,18H,8,11H2,1H3. The Morgan fingerprint density at radius 2 is 1.89 bits per heavy atom. The minimum absolute atomic E-state index is 0.0213. The lowest BCUT2D eigenvalue weighted by Crippen LogP contribution is -2.22. The Hall–Kier alpha value is -1.74. The van der Waals surface area contributed by atoms with E-state index >= 15 is 0 Å². The van der Waals surface area contributed by atoms with Crippen molar-refractivity contribution in [3.05, 3.63) is 65.7 Å². The first kappa shape index (κ1) is 12.7. The molecule has 2 nitrogen and oxygen atoms in total. The quantitative estimate of drug-likeness (QED) is 0.874. The summed E-state index contributed by atoms with van der Waals surface area (Å²) in [6.45, 7) is 2.80. The number of halogens is 1. The fourth-order valence-corrected chi connectivity index (χ4v) is 1.92. The molecule has 94 valence electrons. The van der Waals surface area contributed by atoms with Gasteiger partial charge in [0.2, 0.25) is 0 Å². The minimum Gasteiger partial charge on any atom is -0.310 e. The van der Waals surface area contributed by atoms with Crippen LogP contribution in [0, 0.1) is 5.82 Å². The van der Waals surface area contributed by atoms with E-state index in [1.54, 1.807) is 18.5 Å². The lowest BCUT2D eigenvalue weighted by Gasteiger charge is -2.14. The van der Waals surface area contributed by atoms with E-state index in [-0.39, 0.29) is 11.9 Å². The number of nitrogens with one attached hydrogen (secondary N) is 1. The molecule has 1 aromatic carbocycles. The van der Waals surface area contributed by atoms with E-state index in [4.69, 9.17) is 0 Å². The van der Waals surface area contributed by atoms with Crippen LogP contribution < -0.4 is 5.32 Å². The van der Waals surface area contributed by atoms with Crippen molar-refractivity contribution < 1.29 is 4.39 Å². The fraction of sp³-hybridized carbons (Fsp3) is 0.267. The van der Waals surface area contributed by atoms with Gasteiger partial charge >= 0.3 is 0 Å². The van der Waals surface area contributed by atoms with Crippen molar-refractivity contribution in [1.82, 2.24) is 10.3 Å². The molecule has 0 radical (unpaired) electrons. The molecule has 1 N–H and O–H groups in total. The van der Waals surface area contributed by atoms with E-state index in [2.05, 4.69) is 10.3 Å². The highest BCUT2D eigenvalue weighted by Crippen LogP contribution is 2.15. The predicted molar refractivity (Wildman–Crippen MR) is 70.8 cm³/mol. The van der Waals surface area contributed by atoms with Crippen LogP contribution in [0.15, 0.2) is 48.8 Å². The molecule has 1 unspecified atom stereocenters. The number of pyridine rings is 1. The molecule has 1 heterocycles. The maximum absolute atomic E-state index is 13.5. The SMILES string of the molecule is CC(NCCc1ccncc1)c1ccccc1F. The number of rotatable bonds is 5. The van der Waals surface area contributed by atoms with Gasteiger partial charge in [-0.25, -0.2) is 4.39 Å². The van der Waals surface area contributed by atoms with Gasteiger partial charge < -0.3 is 5.32 Å². The minimum atomic E-state index is -0.151. The summed E-state index contributed by atoms with van der Waals surface area (Å²) in [5.74, 6) is -0.151. The lowest BCUT2D eigenvalue weighted by atomic mass is 10.1. The molecule has 0 aliphatic carbocycles.